The average molecular weight is 353 g/mol. The lowest BCUT2D eigenvalue weighted by Gasteiger charge is -2.09. The van der Waals surface area contributed by atoms with Gasteiger partial charge in [0.25, 0.3) is 0 Å². The van der Waals surface area contributed by atoms with Gasteiger partial charge in [0.2, 0.25) is 5.91 Å². The maximum atomic E-state index is 12.9. The summed E-state index contributed by atoms with van der Waals surface area (Å²) in [5, 5.41) is 2.63. The highest BCUT2D eigenvalue weighted by Gasteiger charge is 2.09. The lowest BCUT2D eigenvalue weighted by atomic mass is 10.2. The third-order valence-corrected chi connectivity index (χ3v) is 3.81. The number of hydrogen-bond donors (Lipinski definition) is 1. The van der Waals surface area contributed by atoms with Gasteiger partial charge in [-0.3, -0.25) is 23.5 Å². The predicted molar refractivity (Wildman–Crippen MR) is 94.5 cm³/mol. The standard InChI is InChI=1S/C19H16FN3O3/c20-15-8-6-14(7-9-15)12-21-17(24)13-22-10-11-23(19(26)18(22)25)16-4-2-1-3-5-16/h1-11H,12-13H2,(H,21,24). The van der Waals surface area contributed by atoms with E-state index in [1.54, 1.807) is 42.5 Å². The molecule has 0 radical (unpaired) electrons. The van der Waals surface area contributed by atoms with Gasteiger partial charge in [-0.1, -0.05) is 30.3 Å². The number of carbonyl (C=O) groups is 1. The van der Waals surface area contributed by atoms with Gasteiger partial charge < -0.3 is 5.32 Å². The minimum atomic E-state index is -0.784. The summed E-state index contributed by atoms with van der Waals surface area (Å²) in [6, 6.07) is 14.5. The Balaban J connectivity index is 1.71. The molecule has 0 saturated heterocycles. The number of aromatic nitrogens is 2. The first-order chi connectivity index (χ1) is 12.5. The van der Waals surface area contributed by atoms with Gasteiger partial charge in [-0.15, -0.1) is 0 Å². The molecule has 1 aromatic heterocycles. The topological polar surface area (TPSA) is 73.1 Å². The Bertz CT molecular complexity index is 1020. The van der Waals surface area contributed by atoms with Gasteiger partial charge in [-0.2, -0.15) is 0 Å². The highest BCUT2D eigenvalue weighted by atomic mass is 19.1. The highest BCUT2D eigenvalue weighted by molar-refractivity contribution is 5.75. The van der Waals surface area contributed by atoms with Gasteiger partial charge in [0.05, 0.1) is 0 Å². The van der Waals surface area contributed by atoms with Crippen molar-refractivity contribution in [1.29, 1.82) is 0 Å². The van der Waals surface area contributed by atoms with Crippen LogP contribution in [0.2, 0.25) is 0 Å². The van der Waals surface area contributed by atoms with Crippen LogP contribution in [0, 0.1) is 5.82 Å². The summed E-state index contributed by atoms with van der Waals surface area (Å²) in [6.45, 7) is -0.0696. The van der Waals surface area contributed by atoms with Gasteiger partial charge in [0.1, 0.15) is 12.4 Å². The molecule has 7 heteroatoms. The summed E-state index contributed by atoms with van der Waals surface area (Å²) in [4.78, 5) is 36.5. The first-order valence-electron chi connectivity index (χ1n) is 7.93. The molecule has 2 aromatic carbocycles. The second kappa shape index (κ2) is 7.60. The molecule has 0 saturated carbocycles. The molecule has 0 spiro atoms. The molecule has 3 rings (SSSR count). The smallest absolute Gasteiger partial charge is 0.320 e. The maximum absolute atomic E-state index is 12.9. The van der Waals surface area contributed by atoms with Crippen molar-refractivity contribution in [3.05, 3.63) is 99.1 Å². The molecule has 1 amide bonds. The van der Waals surface area contributed by atoms with Crippen LogP contribution in [0.25, 0.3) is 5.69 Å². The number of para-hydroxylation sites is 1. The normalized spacial score (nSPS) is 10.5. The zero-order chi connectivity index (χ0) is 18.5. The summed E-state index contributed by atoms with van der Waals surface area (Å²) in [6.07, 6.45) is 2.85. The van der Waals surface area contributed by atoms with Crippen LogP contribution < -0.4 is 16.4 Å². The fourth-order valence-corrected chi connectivity index (χ4v) is 2.44. The molecule has 6 nitrogen and oxygen atoms in total. The van der Waals surface area contributed by atoms with E-state index in [9.17, 15) is 18.8 Å². The molecule has 0 bridgehead atoms. The molecule has 0 aliphatic heterocycles. The quantitative estimate of drug-likeness (QED) is 0.706. The minimum Gasteiger partial charge on any atom is -0.350 e. The molecule has 132 valence electrons. The molecule has 3 aromatic rings. The lowest BCUT2D eigenvalue weighted by molar-refractivity contribution is -0.121. The fraction of sp³-hybridized carbons (Fsp3) is 0.105. The van der Waals surface area contributed by atoms with Crippen molar-refractivity contribution in [2.45, 2.75) is 13.1 Å². The fourth-order valence-electron chi connectivity index (χ4n) is 2.44. The van der Waals surface area contributed by atoms with Gasteiger partial charge in [0, 0.05) is 24.6 Å². The van der Waals surface area contributed by atoms with Gasteiger partial charge >= 0.3 is 11.1 Å². The Morgan fingerprint density at radius 3 is 2.31 bits per heavy atom. The summed E-state index contributed by atoms with van der Waals surface area (Å²) in [5.41, 5.74) is -0.215. The first kappa shape index (κ1) is 17.3. The number of nitrogens with one attached hydrogen (secondary N) is 1. The van der Waals surface area contributed by atoms with Crippen molar-refractivity contribution >= 4 is 5.91 Å². The number of rotatable bonds is 5. The first-order valence-corrected chi connectivity index (χ1v) is 7.93. The van der Waals surface area contributed by atoms with E-state index in [2.05, 4.69) is 5.32 Å². The van der Waals surface area contributed by atoms with Crippen molar-refractivity contribution in [2.75, 3.05) is 0 Å². The van der Waals surface area contributed by atoms with Crippen molar-refractivity contribution in [3.63, 3.8) is 0 Å². The molecular formula is C19H16FN3O3. The molecule has 1 heterocycles. The third-order valence-electron chi connectivity index (χ3n) is 3.81. The molecule has 0 fully saturated rings. The minimum absolute atomic E-state index is 0.203. The molecule has 0 aliphatic rings. The molecule has 26 heavy (non-hydrogen) atoms. The Hall–Kier alpha value is -3.48. The van der Waals surface area contributed by atoms with Crippen LogP contribution in [0.4, 0.5) is 4.39 Å². The number of nitrogens with zero attached hydrogens (tertiary/aromatic N) is 2. The van der Waals surface area contributed by atoms with Gasteiger partial charge in [0.15, 0.2) is 0 Å². The molecule has 1 N–H and O–H groups in total. The number of hydrogen-bond acceptors (Lipinski definition) is 3. The number of halogens is 1. The van der Waals surface area contributed by atoms with E-state index in [1.165, 1.54) is 29.1 Å². The van der Waals surface area contributed by atoms with E-state index in [1.807, 2.05) is 0 Å². The predicted octanol–water partition coefficient (Wildman–Crippen LogP) is 1.45. The second-order valence-corrected chi connectivity index (χ2v) is 5.65. The summed E-state index contributed by atoms with van der Waals surface area (Å²) >= 11 is 0. The maximum Gasteiger partial charge on any atom is 0.320 e. The third kappa shape index (κ3) is 3.94. The number of carbonyl (C=O) groups excluding carboxylic acids is 1. The zero-order valence-electron chi connectivity index (χ0n) is 13.8. The monoisotopic (exact) mass is 353 g/mol. The van der Waals surface area contributed by atoms with Crippen LogP contribution in [-0.4, -0.2) is 15.0 Å². The van der Waals surface area contributed by atoms with E-state index in [4.69, 9.17) is 0 Å². The largest absolute Gasteiger partial charge is 0.350 e. The average Bonchev–Trinajstić information content (AvgIpc) is 2.66. The summed E-state index contributed by atoms with van der Waals surface area (Å²) < 4.78 is 15.1. The van der Waals surface area contributed by atoms with Crippen molar-refractivity contribution in [2.24, 2.45) is 0 Å². The molecular weight excluding hydrogens is 337 g/mol. The van der Waals surface area contributed by atoms with E-state index in [0.717, 1.165) is 10.1 Å². The van der Waals surface area contributed by atoms with Gasteiger partial charge in [-0.05, 0) is 29.8 Å². The Kier molecular flexibility index (Phi) is 5.07. The lowest BCUT2D eigenvalue weighted by Crippen LogP contribution is -2.42. The summed E-state index contributed by atoms with van der Waals surface area (Å²) in [5.74, 6) is -0.779. The van der Waals surface area contributed by atoms with Crippen molar-refractivity contribution in [3.8, 4) is 5.69 Å². The van der Waals surface area contributed by atoms with Crippen LogP contribution in [0.15, 0.2) is 76.6 Å². The van der Waals surface area contributed by atoms with E-state index in [-0.39, 0.29) is 18.9 Å². The number of amides is 1. The Morgan fingerprint density at radius 1 is 0.923 bits per heavy atom. The van der Waals surface area contributed by atoms with Crippen LogP contribution in [0.1, 0.15) is 5.56 Å². The van der Waals surface area contributed by atoms with Crippen molar-refractivity contribution < 1.29 is 9.18 Å². The number of benzene rings is 2. The SMILES string of the molecule is O=C(Cn1ccn(-c2ccccc2)c(=O)c1=O)NCc1ccc(F)cc1. The van der Waals surface area contributed by atoms with Crippen LogP contribution in [-0.2, 0) is 17.9 Å². The second-order valence-electron chi connectivity index (χ2n) is 5.65. The summed E-state index contributed by atoms with van der Waals surface area (Å²) in [7, 11) is 0. The Morgan fingerprint density at radius 2 is 1.62 bits per heavy atom. The van der Waals surface area contributed by atoms with E-state index in [0.29, 0.717) is 5.69 Å². The van der Waals surface area contributed by atoms with Gasteiger partial charge in [-0.25, -0.2) is 4.39 Å². The van der Waals surface area contributed by atoms with E-state index >= 15 is 0 Å². The zero-order valence-corrected chi connectivity index (χ0v) is 13.8. The highest BCUT2D eigenvalue weighted by Crippen LogP contribution is 2.03. The van der Waals surface area contributed by atoms with Crippen LogP contribution in [0.5, 0.6) is 0 Å². The van der Waals surface area contributed by atoms with Crippen LogP contribution in [0.3, 0.4) is 0 Å². The van der Waals surface area contributed by atoms with Crippen molar-refractivity contribution in [1.82, 2.24) is 14.5 Å². The van der Waals surface area contributed by atoms with E-state index < -0.39 is 17.0 Å². The molecule has 0 aliphatic carbocycles. The van der Waals surface area contributed by atoms with Crippen LogP contribution >= 0.6 is 0 Å². The molecule has 0 atom stereocenters. The Labute approximate surface area is 148 Å². The molecule has 0 unspecified atom stereocenters.